The molecule has 202 valence electrons. The fourth-order valence-electron chi connectivity index (χ4n) is 3.54. The predicted octanol–water partition coefficient (Wildman–Crippen LogP) is 4.21. The van der Waals surface area contributed by atoms with Crippen LogP contribution in [-0.4, -0.2) is 47.0 Å². The van der Waals surface area contributed by atoms with Crippen LogP contribution in [0.15, 0.2) is 71.6 Å². The number of carbonyl (C=O) groups excluding carboxylic acids is 2. The van der Waals surface area contributed by atoms with Crippen molar-refractivity contribution < 1.29 is 31.9 Å². The van der Waals surface area contributed by atoms with Crippen LogP contribution in [0.3, 0.4) is 0 Å². The van der Waals surface area contributed by atoms with Gasteiger partial charge in [0.15, 0.2) is 11.5 Å². The molecule has 0 bridgehead atoms. The normalized spacial score (nSPS) is 11.8. The average Bonchev–Trinajstić information content (AvgIpc) is 2.91. The van der Waals surface area contributed by atoms with E-state index in [2.05, 4.69) is 10.6 Å². The van der Waals surface area contributed by atoms with Crippen molar-refractivity contribution in [2.24, 2.45) is 0 Å². The van der Waals surface area contributed by atoms with Crippen LogP contribution in [0.4, 0.5) is 15.8 Å². The maximum atomic E-state index is 13.7. The monoisotopic (exact) mass is 543 g/mol. The first-order valence-corrected chi connectivity index (χ1v) is 13.2. The molecule has 9 nitrogen and oxygen atoms in total. The summed E-state index contributed by atoms with van der Waals surface area (Å²) in [5.74, 6) is -1.14. The van der Waals surface area contributed by atoms with Crippen molar-refractivity contribution in [3.05, 3.63) is 78.1 Å². The number of amides is 2. The van der Waals surface area contributed by atoms with Crippen LogP contribution in [0.5, 0.6) is 11.5 Å². The standard InChI is InChI=1S/C27H30FN3O6S/c1-5-18(2)29-27(33)22-8-6-7-9-23(22)30-26(32)17-31(20-12-10-19(28)11-13-20)38(34,35)21-14-15-24(36-3)25(16-21)37-4/h6-16,18H,5,17H2,1-4H3,(H,29,33)(H,30,32). The number of halogens is 1. The summed E-state index contributed by atoms with van der Waals surface area (Å²) < 4.78 is 52.3. The van der Waals surface area contributed by atoms with Gasteiger partial charge in [-0.1, -0.05) is 19.1 Å². The van der Waals surface area contributed by atoms with Crippen molar-refractivity contribution in [1.29, 1.82) is 0 Å². The Morgan fingerprint density at radius 3 is 2.26 bits per heavy atom. The molecule has 0 aliphatic carbocycles. The fraction of sp³-hybridized carbons (Fsp3) is 0.259. The van der Waals surface area contributed by atoms with E-state index in [1.807, 2.05) is 13.8 Å². The van der Waals surface area contributed by atoms with Crippen molar-refractivity contribution in [1.82, 2.24) is 5.32 Å². The van der Waals surface area contributed by atoms with Crippen LogP contribution in [0.1, 0.15) is 30.6 Å². The lowest BCUT2D eigenvalue weighted by Gasteiger charge is -2.25. The second kappa shape index (κ2) is 12.4. The molecule has 38 heavy (non-hydrogen) atoms. The van der Waals surface area contributed by atoms with E-state index >= 15 is 0 Å². The molecule has 3 rings (SSSR count). The lowest BCUT2D eigenvalue weighted by Crippen LogP contribution is -2.38. The number of carbonyl (C=O) groups is 2. The van der Waals surface area contributed by atoms with Gasteiger partial charge in [-0.25, -0.2) is 12.8 Å². The third-order valence-corrected chi connectivity index (χ3v) is 7.55. The quantitative estimate of drug-likeness (QED) is 0.375. The van der Waals surface area contributed by atoms with Crippen LogP contribution < -0.4 is 24.4 Å². The highest BCUT2D eigenvalue weighted by Gasteiger charge is 2.29. The van der Waals surface area contributed by atoms with Gasteiger partial charge in [-0.2, -0.15) is 0 Å². The third kappa shape index (κ3) is 6.60. The van der Waals surface area contributed by atoms with Crippen LogP contribution in [0, 0.1) is 5.82 Å². The molecule has 3 aromatic carbocycles. The molecule has 1 unspecified atom stereocenters. The Balaban J connectivity index is 1.95. The van der Waals surface area contributed by atoms with Crippen LogP contribution in [-0.2, 0) is 14.8 Å². The molecule has 2 amide bonds. The number of anilines is 2. The van der Waals surface area contributed by atoms with Gasteiger partial charge in [0.25, 0.3) is 15.9 Å². The largest absolute Gasteiger partial charge is 0.493 e. The Morgan fingerprint density at radius 2 is 1.63 bits per heavy atom. The molecule has 0 spiro atoms. The minimum atomic E-state index is -4.32. The molecular weight excluding hydrogens is 513 g/mol. The van der Waals surface area contributed by atoms with E-state index in [9.17, 15) is 22.4 Å². The predicted molar refractivity (Wildman–Crippen MR) is 143 cm³/mol. The smallest absolute Gasteiger partial charge is 0.264 e. The highest BCUT2D eigenvalue weighted by atomic mass is 32.2. The maximum Gasteiger partial charge on any atom is 0.264 e. The summed E-state index contributed by atoms with van der Waals surface area (Å²) in [6, 6.07) is 15.1. The summed E-state index contributed by atoms with van der Waals surface area (Å²) in [5.41, 5.74) is 0.525. The van der Waals surface area contributed by atoms with Crippen LogP contribution in [0.25, 0.3) is 0 Å². The molecule has 11 heteroatoms. The van der Waals surface area contributed by atoms with E-state index in [0.29, 0.717) is 5.75 Å². The summed E-state index contributed by atoms with van der Waals surface area (Å²) in [5, 5.41) is 5.48. The van der Waals surface area contributed by atoms with E-state index < -0.39 is 28.3 Å². The summed E-state index contributed by atoms with van der Waals surface area (Å²) >= 11 is 0. The number of nitrogens with zero attached hydrogens (tertiary/aromatic N) is 1. The van der Waals surface area contributed by atoms with Crippen molar-refractivity contribution in [3.8, 4) is 11.5 Å². The van der Waals surface area contributed by atoms with Gasteiger partial charge in [-0.3, -0.25) is 13.9 Å². The Morgan fingerprint density at radius 1 is 0.974 bits per heavy atom. The number of para-hydroxylation sites is 1. The van der Waals surface area contributed by atoms with E-state index in [4.69, 9.17) is 9.47 Å². The van der Waals surface area contributed by atoms with Gasteiger partial charge in [0.1, 0.15) is 12.4 Å². The lowest BCUT2D eigenvalue weighted by molar-refractivity contribution is -0.114. The summed E-state index contributed by atoms with van der Waals surface area (Å²) in [6.45, 7) is 3.14. The third-order valence-electron chi connectivity index (χ3n) is 5.78. The average molecular weight is 544 g/mol. The van der Waals surface area contributed by atoms with Gasteiger partial charge in [0.05, 0.1) is 36.1 Å². The zero-order valence-electron chi connectivity index (χ0n) is 21.5. The number of ether oxygens (including phenoxy) is 2. The SMILES string of the molecule is CCC(C)NC(=O)c1ccccc1NC(=O)CN(c1ccc(F)cc1)S(=O)(=O)c1ccc(OC)c(OC)c1. The van der Waals surface area contributed by atoms with Crippen molar-refractivity contribution in [2.45, 2.75) is 31.2 Å². The number of nitrogens with one attached hydrogen (secondary N) is 2. The van der Waals surface area contributed by atoms with Crippen LogP contribution in [0.2, 0.25) is 0 Å². The Hall–Kier alpha value is -4.12. The number of methoxy groups -OCH3 is 2. The molecule has 0 saturated carbocycles. The molecule has 0 radical (unpaired) electrons. The molecule has 0 fully saturated rings. The number of sulfonamides is 1. The highest BCUT2D eigenvalue weighted by molar-refractivity contribution is 7.92. The first kappa shape index (κ1) is 28.5. The first-order chi connectivity index (χ1) is 18.1. The summed E-state index contributed by atoms with van der Waals surface area (Å²) in [4.78, 5) is 25.7. The molecule has 0 aliphatic heterocycles. The van der Waals surface area contributed by atoms with E-state index in [0.717, 1.165) is 22.9 Å². The zero-order valence-corrected chi connectivity index (χ0v) is 22.3. The van der Waals surface area contributed by atoms with Gasteiger partial charge in [0, 0.05) is 12.1 Å². The second-order valence-electron chi connectivity index (χ2n) is 8.38. The molecule has 2 N–H and O–H groups in total. The van der Waals surface area contributed by atoms with Gasteiger partial charge < -0.3 is 20.1 Å². The lowest BCUT2D eigenvalue weighted by atomic mass is 10.1. The van der Waals surface area contributed by atoms with E-state index in [-0.39, 0.29) is 39.5 Å². The molecule has 0 aliphatic rings. The fourth-order valence-corrected chi connectivity index (χ4v) is 4.98. The van der Waals surface area contributed by atoms with Gasteiger partial charge in [0.2, 0.25) is 5.91 Å². The van der Waals surface area contributed by atoms with Crippen LogP contribution >= 0.6 is 0 Å². The van der Waals surface area contributed by atoms with E-state index in [1.165, 1.54) is 44.6 Å². The Kier molecular flexibility index (Phi) is 9.30. The van der Waals surface area contributed by atoms with Crippen molar-refractivity contribution in [2.75, 3.05) is 30.4 Å². The van der Waals surface area contributed by atoms with E-state index in [1.54, 1.807) is 24.3 Å². The molecule has 1 atom stereocenters. The zero-order chi connectivity index (χ0) is 27.9. The number of benzene rings is 3. The molecular formula is C27H30FN3O6S. The van der Waals surface area contributed by atoms with Gasteiger partial charge >= 0.3 is 0 Å². The maximum absolute atomic E-state index is 13.7. The minimum absolute atomic E-state index is 0.0686. The van der Waals surface area contributed by atoms with Crippen molar-refractivity contribution in [3.63, 3.8) is 0 Å². The topological polar surface area (TPSA) is 114 Å². The second-order valence-corrected chi connectivity index (χ2v) is 10.2. The Labute approximate surface area is 221 Å². The first-order valence-electron chi connectivity index (χ1n) is 11.8. The summed E-state index contributed by atoms with van der Waals surface area (Å²) in [7, 11) is -1.53. The Bertz CT molecular complexity index is 1400. The number of rotatable bonds is 11. The number of hydrogen-bond donors (Lipinski definition) is 2. The molecule has 0 heterocycles. The number of hydrogen-bond acceptors (Lipinski definition) is 6. The highest BCUT2D eigenvalue weighted by Crippen LogP contribution is 2.32. The van der Waals surface area contributed by atoms with Gasteiger partial charge in [-0.15, -0.1) is 0 Å². The molecule has 0 aromatic heterocycles. The molecule has 3 aromatic rings. The molecule has 0 saturated heterocycles. The summed E-state index contributed by atoms with van der Waals surface area (Å²) in [6.07, 6.45) is 0.723. The van der Waals surface area contributed by atoms with Gasteiger partial charge in [-0.05, 0) is 61.9 Å². The van der Waals surface area contributed by atoms with Crippen molar-refractivity contribution >= 4 is 33.2 Å². The minimum Gasteiger partial charge on any atom is -0.493 e.